The summed E-state index contributed by atoms with van der Waals surface area (Å²) in [6.07, 6.45) is 0. The van der Waals surface area contributed by atoms with E-state index >= 15 is 0 Å². The zero-order valence-electron chi connectivity index (χ0n) is 9.01. The Kier molecular flexibility index (Phi) is 7.41. The first-order valence-electron chi connectivity index (χ1n) is 5.02. The minimum atomic E-state index is -0.0924. The molecule has 1 rings (SSSR count). The maximum atomic E-state index is 11.8. The van der Waals surface area contributed by atoms with Crippen molar-refractivity contribution in [1.29, 1.82) is 0 Å². The molecule has 0 bridgehead atoms. The largest absolute Gasteiger partial charge is 0.378 e. The average Bonchev–Trinajstić information content (AvgIpc) is 2.32. The topological polar surface area (TPSA) is 38.3 Å². The van der Waals surface area contributed by atoms with Crippen molar-refractivity contribution >= 4 is 56.0 Å². The van der Waals surface area contributed by atoms with Gasteiger partial charge in [-0.1, -0.05) is 15.9 Å². The van der Waals surface area contributed by atoms with Crippen LogP contribution in [-0.4, -0.2) is 31.5 Å². The summed E-state index contributed by atoms with van der Waals surface area (Å²) in [5.41, 5.74) is 0.664. The molecule has 1 amide bonds. The normalized spacial score (nSPS) is 10.3. The molecule has 0 aliphatic heterocycles. The van der Waals surface area contributed by atoms with Crippen molar-refractivity contribution in [3.63, 3.8) is 0 Å². The van der Waals surface area contributed by atoms with E-state index in [-0.39, 0.29) is 5.91 Å². The van der Waals surface area contributed by atoms with Crippen molar-refractivity contribution in [1.82, 2.24) is 5.32 Å². The van der Waals surface area contributed by atoms with Crippen LogP contribution < -0.4 is 5.32 Å². The molecule has 0 spiro atoms. The van der Waals surface area contributed by atoms with Gasteiger partial charge in [0.05, 0.1) is 18.8 Å². The summed E-state index contributed by atoms with van der Waals surface area (Å²) >= 11 is 10.9. The summed E-state index contributed by atoms with van der Waals surface area (Å²) in [6, 6.07) is 5.60. The Morgan fingerprint density at radius 3 is 2.94 bits per heavy atom. The molecule has 0 saturated carbocycles. The van der Waals surface area contributed by atoms with Crippen molar-refractivity contribution in [2.75, 3.05) is 25.6 Å². The fraction of sp³-hybridized carbons (Fsp3) is 0.364. The van der Waals surface area contributed by atoms with Crippen LogP contribution in [0.3, 0.4) is 0 Å². The highest BCUT2D eigenvalue weighted by Gasteiger charge is 2.09. The third-order valence-corrected chi connectivity index (χ3v) is 3.51. The van der Waals surface area contributed by atoms with E-state index in [2.05, 4.69) is 43.8 Å². The van der Waals surface area contributed by atoms with E-state index in [1.165, 1.54) is 0 Å². The lowest BCUT2D eigenvalue weighted by molar-refractivity contribution is 0.0922. The van der Waals surface area contributed by atoms with Gasteiger partial charge in [-0.15, -0.1) is 11.6 Å². The first kappa shape index (κ1) is 15.2. The first-order valence-corrected chi connectivity index (χ1v) is 7.42. The van der Waals surface area contributed by atoms with Gasteiger partial charge < -0.3 is 10.1 Å². The van der Waals surface area contributed by atoms with Crippen LogP contribution in [0.2, 0.25) is 0 Å². The Bertz CT molecular complexity index is 390. The molecule has 1 aromatic carbocycles. The van der Waals surface area contributed by atoms with E-state index in [1.807, 2.05) is 12.1 Å². The molecule has 6 heteroatoms. The molecule has 0 heterocycles. The van der Waals surface area contributed by atoms with Gasteiger partial charge in [0.25, 0.3) is 5.91 Å². The summed E-state index contributed by atoms with van der Waals surface area (Å²) < 4.78 is 6.98. The molecule has 1 aromatic rings. The Balaban J connectivity index is 2.44. The fourth-order valence-corrected chi connectivity index (χ4v) is 2.21. The van der Waals surface area contributed by atoms with E-state index in [1.54, 1.807) is 6.07 Å². The SMILES string of the molecule is O=C(NCCOCCCl)c1cc(Br)ccc1I. The average molecular weight is 432 g/mol. The molecule has 0 radical (unpaired) electrons. The lowest BCUT2D eigenvalue weighted by Crippen LogP contribution is -2.28. The number of carbonyl (C=O) groups excluding carboxylic acids is 1. The van der Waals surface area contributed by atoms with Crippen LogP contribution in [0.25, 0.3) is 0 Å². The first-order chi connectivity index (χ1) is 8.15. The zero-order chi connectivity index (χ0) is 12.7. The number of alkyl halides is 1. The molecule has 0 atom stereocenters. The summed E-state index contributed by atoms with van der Waals surface area (Å²) in [5.74, 6) is 0.377. The Labute approximate surface area is 128 Å². The minimum Gasteiger partial charge on any atom is -0.378 e. The molecule has 0 aliphatic carbocycles. The zero-order valence-corrected chi connectivity index (χ0v) is 13.5. The fourth-order valence-electron chi connectivity index (χ4n) is 1.16. The summed E-state index contributed by atoms with van der Waals surface area (Å²) in [4.78, 5) is 11.8. The molecule has 0 unspecified atom stereocenters. The quantitative estimate of drug-likeness (QED) is 0.426. The predicted octanol–water partition coefficient (Wildman–Crippen LogP) is 3.04. The molecule has 0 saturated heterocycles. The van der Waals surface area contributed by atoms with E-state index in [4.69, 9.17) is 16.3 Å². The van der Waals surface area contributed by atoms with E-state index in [0.717, 1.165) is 8.04 Å². The van der Waals surface area contributed by atoms with Gasteiger partial charge in [-0.05, 0) is 40.8 Å². The molecule has 0 aromatic heterocycles. The van der Waals surface area contributed by atoms with Crippen LogP contribution in [0.4, 0.5) is 0 Å². The van der Waals surface area contributed by atoms with Crippen molar-refractivity contribution in [3.05, 3.63) is 31.8 Å². The van der Waals surface area contributed by atoms with Crippen LogP contribution >= 0.6 is 50.1 Å². The van der Waals surface area contributed by atoms with Crippen LogP contribution in [-0.2, 0) is 4.74 Å². The van der Waals surface area contributed by atoms with Crippen molar-refractivity contribution in [2.24, 2.45) is 0 Å². The highest BCUT2D eigenvalue weighted by molar-refractivity contribution is 14.1. The monoisotopic (exact) mass is 431 g/mol. The van der Waals surface area contributed by atoms with E-state index in [9.17, 15) is 4.79 Å². The van der Waals surface area contributed by atoms with Gasteiger partial charge in [-0.25, -0.2) is 0 Å². The predicted molar refractivity (Wildman–Crippen MR) is 80.7 cm³/mol. The van der Waals surface area contributed by atoms with Crippen LogP contribution in [0.15, 0.2) is 22.7 Å². The molecule has 94 valence electrons. The van der Waals surface area contributed by atoms with Gasteiger partial charge in [0.15, 0.2) is 0 Å². The van der Waals surface area contributed by atoms with Gasteiger partial charge in [0.2, 0.25) is 0 Å². The molecule has 3 nitrogen and oxygen atoms in total. The number of ether oxygens (including phenoxy) is 1. The number of hydrogen-bond acceptors (Lipinski definition) is 2. The second kappa shape index (κ2) is 8.29. The van der Waals surface area contributed by atoms with Crippen molar-refractivity contribution in [2.45, 2.75) is 0 Å². The number of halogens is 3. The third kappa shape index (κ3) is 5.54. The number of nitrogens with one attached hydrogen (secondary N) is 1. The summed E-state index contributed by atoms with van der Waals surface area (Å²) in [7, 11) is 0. The van der Waals surface area contributed by atoms with Gasteiger partial charge >= 0.3 is 0 Å². The van der Waals surface area contributed by atoms with Crippen LogP contribution in [0.1, 0.15) is 10.4 Å². The second-order valence-corrected chi connectivity index (χ2v) is 5.64. The Morgan fingerprint density at radius 1 is 1.47 bits per heavy atom. The van der Waals surface area contributed by atoms with Gasteiger partial charge in [0.1, 0.15) is 0 Å². The van der Waals surface area contributed by atoms with E-state index in [0.29, 0.717) is 31.2 Å². The highest BCUT2D eigenvalue weighted by Crippen LogP contribution is 2.18. The minimum absolute atomic E-state index is 0.0924. The second-order valence-electron chi connectivity index (χ2n) is 3.18. The van der Waals surface area contributed by atoms with E-state index < -0.39 is 0 Å². The summed E-state index contributed by atoms with van der Waals surface area (Å²) in [5, 5.41) is 2.79. The molecule has 1 N–H and O–H groups in total. The Hall–Kier alpha value is 0.150. The number of carbonyl (C=O) groups is 1. The number of benzene rings is 1. The molecular weight excluding hydrogens is 420 g/mol. The molecule has 17 heavy (non-hydrogen) atoms. The maximum Gasteiger partial charge on any atom is 0.252 e. The van der Waals surface area contributed by atoms with Crippen LogP contribution in [0.5, 0.6) is 0 Å². The standard InChI is InChI=1S/C11H12BrClINO2/c12-8-1-2-10(14)9(7-8)11(16)15-4-6-17-5-3-13/h1-2,7H,3-6H2,(H,15,16). The molecule has 0 aliphatic rings. The lowest BCUT2D eigenvalue weighted by Gasteiger charge is -2.07. The smallest absolute Gasteiger partial charge is 0.252 e. The maximum absolute atomic E-state index is 11.8. The van der Waals surface area contributed by atoms with Gasteiger partial charge in [0, 0.05) is 20.5 Å². The Morgan fingerprint density at radius 2 is 2.24 bits per heavy atom. The van der Waals surface area contributed by atoms with Crippen molar-refractivity contribution < 1.29 is 9.53 Å². The van der Waals surface area contributed by atoms with Gasteiger partial charge in [-0.2, -0.15) is 0 Å². The molecule has 0 fully saturated rings. The number of amides is 1. The highest BCUT2D eigenvalue weighted by atomic mass is 127. The number of hydrogen-bond donors (Lipinski definition) is 1. The lowest BCUT2D eigenvalue weighted by atomic mass is 10.2. The van der Waals surface area contributed by atoms with Gasteiger partial charge in [-0.3, -0.25) is 4.79 Å². The van der Waals surface area contributed by atoms with Crippen LogP contribution in [0, 0.1) is 3.57 Å². The third-order valence-electron chi connectivity index (χ3n) is 1.93. The van der Waals surface area contributed by atoms with Crippen molar-refractivity contribution in [3.8, 4) is 0 Å². The molecular formula is C11H12BrClINO2. The summed E-state index contributed by atoms with van der Waals surface area (Å²) in [6.45, 7) is 1.47. The number of rotatable bonds is 6.